The van der Waals surface area contributed by atoms with Crippen LogP contribution in [0.3, 0.4) is 0 Å². The lowest BCUT2D eigenvalue weighted by molar-refractivity contribution is -0.180. The van der Waals surface area contributed by atoms with Crippen molar-refractivity contribution >= 4 is 17.4 Å². The molecule has 1 heterocycles. The number of amides is 2. The number of rotatable bonds is 18. The van der Waals surface area contributed by atoms with Gasteiger partial charge >= 0.3 is 6.03 Å². The van der Waals surface area contributed by atoms with E-state index >= 15 is 0 Å². The van der Waals surface area contributed by atoms with E-state index in [1.165, 1.54) is 6.42 Å². The first-order valence-electron chi connectivity index (χ1n) is 15.6. The Balaban J connectivity index is 0.953. The molecule has 238 valence electrons. The number of ether oxygens (including phenoxy) is 4. The van der Waals surface area contributed by atoms with Gasteiger partial charge in [0.15, 0.2) is 0 Å². The fourth-order valence-corrected chi connectivity index (χ4v) is 4.87. The number of carbonyl (C=O) groups excluding carboxylic acids is 1. The van der Waals surface area contributed by atoms with Crippen molar-refractivity contribution in [3.63, 3.8) is 0 Å². The first-order valence-corrected chi connectivity index (χ1v) is 15.6. The predicted octanol–water partition coefficient (Wildman–Crippen LogP) is 6.78. The Morgan fingerprint density at radius 2 is 1.61 bits per heavy atom. The molecular weight excluding hydrogens is 558 g/mol. The summed E-state index contributed by atoms with van der Waals surface area (Å²) in [5.41, 5.74) is 4.29. The van der Waals surface area contributed by atoms with Crippen molar-refractivity contribution in [1.29, 1.82) is 0 Å². The number of carbonyl (C=O) groups is 1. The Bertz CT molecular complexity index is 1290. The van der Waals surface area contributed by atoms with E-state index in [0.717, 1.165) is 67.0 Å². The summed E-state index contributed by atoms with van der Waals surface area (Å²) in [6.07, 6.45) is 5.01. The molecule has 0 aromatic heterocycles. The van der Waals surface area contributed by atoms with E-state index in [2.05, 4.69) is 16.0 Å². The van der Waals surface area contributed by atoms with Gasteiger partial charge in [0, 0.05) is 43.9 Å². The van der Waals surface area contributed by atoms with E-state index in [4.69, 9.17) is 18.9 Å². The maximum Gasteiger partial charge on any atom is 0.323 e. The average molecular weight is 606 g/mol. The van der Waals surface area contributed by atoms with Gasteiger partial charge in [0.05, 0.1) is 32.5 Å². The van der Waals surface area contributed by atoms with Crippen LogP contribution in [0.4, 0.5) is 16.2 Å². The Labute approximate surface area is 261 Å². The highest BCUT2D eigenvalue weighted by atomic mass is 16.7. The number of aliphatic hydroxyl groups excluding tert-OH is 1. The smallest absolute Gasteiger partial charge is 0.323 e. The molecule has 0 bridgehead atoms. The minimum absolute atomic E-state index is 0.284. The van der Waals surface area contributed by atoms with Crippen LogP contribution in [-0.4, -0.2) is 49.8 Å². The summed E-state index contributed by atoms with van der Waals surface area (Å²) in [6, 6.07) is 22.5. The van der Waals surface area contributed by atoms with Gasteiger partial charge in [0.2, 0.25) is 5.79 Å². The van der Waals surface area contributed by atoms with Crippen LogP contribution in [0.25, 0.3) is 0 Å². The van der Waals surface area contributed by atoms with E-state index in [-0.39, 0.29) is 6.03 Å². The fraction of sp³-hybridized carbons (Fsp3) is 0.457. The van der Waals surface area contributed by atoms with Crippen LogP contribution >= 0.6 is 0 Å². The number of nitrogens with one attached hydrogen (secondary N) is 3. The number of unbranched alkanes of at least 4 members (excludes halogenated alkanes) is 4. The number of hydrogen-bond donors (Lipinski definition) is 4. The summed E-state index contributed by atoms with van der Waals surface area (Å²) < 4.78 is 23.0. The zero-order valence-corrected chi connectivity index (χ0v) is 26.0. The number of hydrogen-bond acceptors (Lipinski definition) is 7. The third-order valence-electron chi connectivity index (χ3n) is 7.24. The molecule has 0 saturated carbocycles. The van der Waals surface area contributed by atoms with Gasteiger partial charge in [0.25, 0.3) is 0 Å². The van der Waals surface area contributed by atoms with Crippen molar-refractivity contribution < 1.29 is 28.8 Å². The number of aliphatic hydroxyl groups is 1. The minimum atomic E-state index is -0.614. The van der Waals surface area contributed by atoms with Crippen molar-refractivity contribution in [3.05, 3.63) is 89.5 Å². The second-order valence-corrected chi connectivity index (χ2v) is 11.5. The van der Waals surface area contributed by atoms with Crippen molar-refractivity contribution in [2.45, 2.75) is 71.1 Å². The molecular formula is C35H47N3O6. The monoisotopic (exact) mass is 605 g/mol. The van der Waals surface area contributed by atoms with Gasteiger partial charge in [-0.3, -0.25) is 0 Å². The maximum atomic E-state index is 12.2. The van der Waals surface area contributed by atoms with E-state index in [1.54, 1.807) is 0 Å². The molecule has 3 aromatic carbocycles. The molecule has 0 saturated heterocycles. The second-order valence-electron chi connectivity index (χ2n) is 11.5. The fourth-order valence-electron chi connectivity index (χ4n) is 4.87. The molecule has 0 radical (unpaired) electrons. The first kappa shape index (κ1) is 33.4. The molecule has 44 heavy (non-hydrogen) atoms. The van der Waals surface area contributed by atoms with Crippen molar-refractivity contribution in [2.24, 2.45) is 0 Å². The molecule has 0 fully saturated rings. The van der Waals surface area contributed by atoms with Crippen LogP contribution in [-0.2, 0) is 27.4 Å². The van der Waals surface area contributed by atoms with Crippen LogP contribution in [0, 0.1) is 0 Å². The quantitative estimate of drug-likeness (QED) is 0.118. The highest BCUT2D eigenvalue weighted by molar-refractivity contribution is 5.99. The van der Waals surface area contributed by atoms with Gasteiger partial charge < -0.3 is 40.0 Å². The lowest BCUT2D eigenvalue weighted by Gasteiger charge is -2.33. The highest BCUT2D eigenvalue weighted by Crippen LogP contribution is 2.32. The van der Waals surface area contributed by atoms with Gasteiger partial charge in [-0.05, 0) is 66.9 Å². The third-order valence-corrected chi connectivity index (χ3v) is 7.24. The maximum absolute atomic E-state index is 12.2. The third kappa shape index (κ3) is 11.9. The standard InChI is InChI=1S/C35H47N3O6/c1-35(2)43-26-29-23-28(16-17-33(29)44-35)32(39)24-36-18-9-4-3-5-10-19-41-20-21-42-25-27-12-11-15-31(22-27)38-34(40)37-30-13-7-6-8-14-30/h6-8,11-17,22-23,32,36,39H,3-5,9-10,18-21,24-26H2,1-2H3,(H2,37,38,40)/t32-/m0/s1. The molecule has 0 spiro atoms. The van der Waals surface area contributed by atoms with Gasteiger partial charge in [0.1, 0.15) is 5.75 Å². The highest BCUT2D eigenvalue weighted by Gasteiger charge is 2.27. The summed E-state index contributed by atoms with van der Waals surface area (Å²) in [6.45, 7) is 7.97. The molecule has 9 heteroatoms. The molecule has 4 N–H and O–H groups in total. The molecule has 0 unspecified atom stereocenters. The van der Waals surface area contributed by atoms with Crippen LogP contribution in [0.15, 0.2) is 72.8 Å². The number of anilines is 2. The van der Waals surface area contributed by atoms with Gasteiger partial charge in [-0.25, -0.2) is 4.79 Å². The zero-order chi connectivity index (χ0) is 31.0. The normalized spacial score (nSPS) is 14.3. The number of fused-ring (bicyclic) bond motifs is 1. The summed E-state index contributed by atoms with van der Waals surface area (Å²) in [4.78, 5) is 12.2. The molecule has 2 amide bonds. The van der Waals surface area contributed by atoms with Crippen LogP contribution in [0.1, 0.15) is 68.7 Å². The van der Waals surface area contributed by atoms with E-state index in [1.807, 2.05) is 86.6 Å². The van der Waals surface area contributed by atoms with Crippen molar-refractivity contribution in [1.82, 2.24) is 5.32 Å². The summed E-state index contributed by atoms with van der Waals surface area (Å²) in [7, 11) is 0. The SMILES string of the molecule is CC1(C)OCc2cc([C@@H](O)CNCCCCCCCOCCOCc3cccc(NC(=O)Nc4ccccc4)c3)ccc2O1. The van der Waals surface area contributed by atoms with Gasteiger partial charge in [-0.15, -0.1) is 0 Å². The Morgan fingerprint density at radius 1 is 0.864 bits per heavy atom. The average Bonchev–Trinajstić information content (AvgIpc) is 3.01. The topological polar surface area (TPSA) is 110 Å². The summed E-state index contributed by atoms with van der Waals surface area (Å²) in [5.74, 6) is 0.208. The predicted molar refractivity (Wildman–Crippen MR) is 173 cm³/mol. The number of benzene rings is 3. The van der Waals surface area contributed by atoms with Crippen molar-refractivity contribution in [3.8, 4) is 5.75 Å². The molecule has 3 aromatic rings. The molecule has 1 aliphatic rings. The summed E-state index contributed by atoms with van der Waals surface area (Å²) >= 11 is 0. The van der Waals surface area contributed by atoms with Gasteiger partial charge in [-0.1, -0.05) is 55.7 Å². The first-order chi connectivity index (χ1) is 21.4. The van der Waals surface area contributed by atoms with E-state index < -0.39 is 11.9 Å². The van der Waals surface area contributed by atoms with Crippen molar-refractivity contribution in [2.75, 3.05) is 43.5 Å². The lowest BCUT2D eigenvalue weighted by atomic mass is 10.0. The van der Waals surface area contributed by atoms with Crippen LogP contribution in [0.2, 0.25) is 0 Å². The van der Waals surface area contributed by atoms with Gasteiger partial charge in [-0.2, -0.15) is 0 Å². The molecule has 1 aliphatic heterocycles. The molecule has 9 nitrogen and oxygen atoms in total. The lowest BCUT2D eigenvalue weighted by Crippen LogP contribution is -2.35. The molecule has 4 rings (SSSR count). The Hall–Kier alpha value is -3.47. The minimum Gasteiger partial charge on any atom is -0.463 e. The molecule has 0 aliphatic carbocycles. The number of urea groups is 1. The Kier molecular flexibility index (Phi) is 13.5. The van der Waals surface area contributed by atoms with Crippen LogP contribution < -0.4 is 20.7 Å². The largest absolute Gasteiger partial charge is 0.463 e. The number of para-hydroxylation sites is 1. The zero-order valence-electron chi connectivity index (χ0n) is 26.0. The van der Waals surface area contributed by atoms with E-state index in [9.17, 15) is 9.90 Å². The summed E-state index contributed by atoms with van der Waals surface area (Å²) in [5, 5.41) is 19.6. The Morgan fingerprint density at radius 3 is 2.48 bits per heavy atom. The molecule has 1 atom stereocenters. The second kappa shape index (κ2) is 17.7. The van der Waals surface area contributed by atoms with Crippen LogP contribution in [0.5, 0.6) is 5.75 Å². The van der Waals surface area contributed by atoms with E-state index in [0.29, 0.717) is 38.7 Å².